The summed E-state index contributed by atoms with van der Waals surface area (Å²) in [5.74, 6) is 0.331. The van der Waals surface area contributed by atoms with E-state index in [2.05, 4.69) is 46.9 Å². The van der Waals surface area contributed by atoms with Crippen molar-refractivity contribution in [3.63, 3.8) is 0 Å². The summed E-state index contributed by atoms with van der Waals surface area (Å²) in [6.45, 7) is 12.8. The van der Waals surface area contributed by atoms with Crippen molar-refractivity contribution < 1.29 is 10.2 Å². The van der Waals surface area contributed by atoms with Gasteiger partial charge in [0.15, 0.2) is 0 Å². The van der Waals surface area contributed by atoms with Crippen molar-refractivity contribution in [2.24, 2.45) is 0 Å². The Morgan fingerprint density at radius 1 is 0.652 bits per heavy atom. The van der Waals surface area contributed by atoms with E-state index >= 15 is 0 Å². The first kappa shape index (κ1) is 17.2. The van der Waals surface area contributed by atoms with Crippen molar-refractivity contribution in [2.75, 3.05) is 5.32 Å². The molecular weight excluding hydrogens is 286 g/mol. The second kappa shape index (κ2) is 5.80. The number of hydrogen-bond donors (Lipinski definition) is 3. The maximum Gasteiger partial charge on any atom is 0.139 e. The Labute approximate surface area is 139 Å². The van der Waals surface area contributed by atoms with Crippen molar-refractivity contribution in [3.8, 4) is 11.5 Å². The summed E-state index contributed by atoms with van der Waals surface area (Å²) in [6.07, 6.45) is 0. The molecule has 0 saturated heterocycles. The first-order valence-electron chi connectivity index (χ1n) is 7.92. The zero-order valence-electron chi connectivity index (χ0n) is 14.9. The first-order chi connectivity index (χ1) is 10.5. The SMILES string of the molecule is CC(C)(C)c1ccc(O)c(Nc2cc(C(C)(C)C)ccc2O)c1. The van der Waals surface area contributed by atoms with Crippen LogP contribution in [-0.2, 0) is 10.8 Å². The second-order valence-corrected chi connectivity index (χ2v) is 8.09. The van der Waals surface area contributed by atoms with Crippen LogP contribution in [0.2, 0.25) is 0 Å². The number of benzene rings is 2. The Bertz CT molecular complexity index is 645. The summed E-state index contributed by atoms with van der Waals surface area (Å²) < 4.78 is 0. The van der Waals surface area contributed by atoms with Crippen LogP contribution in [0, 0.1) is 0 Å². The molecule has 0 atom stereocenters. The van der Waals surface area contributed by atoms with E-state index in [9.17, 15) is 10.2 Å². The summed E-state index contributed by atoms with van der Waals surface area (Å²) >= 11 is 0. The third-order valence-electron chi connectivity index (χ3n) is 3.99. The van der Waals surface area contributed by atoms with E-state index in [0.29, 0.717) is 11.4 Å². The lowest BCUT2D eigenvalue weighted by Gasteiger charge is -2.22. The van der Waals surface area contributed by atoms with Gasteiger partial charge < -0.3 is 15.5 Å². The van der Waals surface area contributed by atoms with Gasteiger partial charge in [-0.25, -0.2) is 0 Å². The molecule has 0 aliphatic rings. The molecule has 0 aliphatic heterocycles. The number of phenols is 2. The summed E-state index contributed by atoms with van der Waals surface area (Å²) in [5, 5.41) is 23.4. The molecule has 2 aromatic rings. The van der Waals surface area contributed by atoms with Crippen LogP contribution >= 0.6 is 0 Å². The summed E-state index contributed by atoms with van der Waals surface area (Å²) in [6, 6.07) is 11.1. The normalized spacial score (nSPS) is 12.3. The highest BCUT2D eigenvalue weighted by Crippen LogP contribution is 2.37. The van der Waals surface area contributed by atoms with Crippen LogP contribution < -0.4 is 5.32 Å². The lowest BCUT2D eigenvalue weighted by Crippen LogP contribution is -2.12. The lowest BCUT2D eigenvalue weighted by atomic mass is 9.86. The molecule has 0 amide bonds. The summed E-state index contributed by atoms with van der Waals surface area (Å²) in [5.41, 5.74) is 3.39. The largest absolute Gasteiger partial charge is 0.506 e. The minimum absolute atomic E-state index is 0.0145. The van der Waals surface area contributed by atoms with E-state index in [1.165, 1.54) is 0 Å². The highest BCUT2D eigenvalue weighted by Gasteiger charge is 2.18. The van der Waals surface area contributed by atoms with Crippen molar-refractivity contribution in [1.82, 2.24) is 0 Å². The molecule has 23 heavy (non-hydrogen) atoms. The Kier molecular flexibility index (Phi) is 4.34. The lowest BCUT2D eigenvalue weighted by molar-refractivity contribution is 0.473. The third kappa shape index (κ3) is 3.98. The molecule has 0 radical (unpaired) electrons. The molecule has 124 valence electrons. The maximum absolute atomic E-state index is 10.1. The third-order valence-corrected chi connectivity index (χ3v) is 3.99. The van der Waals surface area contributed by atoms with Crippen LogP contribution in [0.25, 0.3) is 0 Å². The molecule has 0 unspecified atom stereocenters. The average Bonchev–Trinajstić information content (AvgIpc) is 2.41. The van der Waals surface area contributed by atoms with Crippen molar-refractivity contribution in [2.45, 2.75) is 52.4 Å². The molecular formula is C20H27NO2. The zero-order valence-corrected chi connectivity index (χ0v) is 14.9. The number of aromatic hydroxyl groups is 2. The summed E-state index contributed by atoms with van der Waals surface area (Å²) in [7, 11) is 0. The molecule has 0 fully saturated rings. The minimum atomic E-state index is -0.0145. The van der Waals surface area contributed by atoms with E-state index in [4.69, 9.17) is 0 Å². The molecule has 3 N–H and O–H groups in total. The minimum Gasteiger partial charge on any atom is -0.506 e. The molecule has 0 heterocycles. The molecule has 3 nitrogen and oxygen atoms in total. The molecule has 0 saturated carbocycles. The van der Waals surface area contributed by atoms with Gasteiger partial charge in [-0.1, -0.05) is 53.7 Å². The second-order valence-electron chi connectivity index (χ2n) is 8.09. The van der Waals surface area contributed by atoms with Gasteiger partial charge in [0.2, 0.25) is 0 Å². The zero-order chi connectivity index (χ0) is 17.4. The van der Waals surface area contributed by atoms with Gasteiger partial charge >= 0.3 is 0 Å². The van der Waals surface area contributed by atoms with Gasteiger partial charge in [0.1, 0.15) is 11.5 Å². The average molecular weight is 313 g/mol. The van der Waals surface area contributed by atoms with Crippen molar-refractivity contribution in [1.29, 1.82) is 0 Å². The number of hydrogen-bond acceptors (Lipinski definition) is 3. The highest BCUT2D eigenvalue weighted by atomic mass is 16.3. The van der Waals surface area contributed by atoms with E-state index in [-0.39, 0.29) is 22.3 Å². The van der Waals surface area contributed by atoms with Gasteiger partial charge in [0, 0.05) is 0 Å². The van der Waals surface area contributed by atoms with Crippen molar-refractivity contribution in [3.05, 3.63) is 47.5 Å². The standard InChI is InChI=1S/C20H27NO2/c1-19(2,3)13-7-9-17(22)15(11-13)21-16-12-14(20(4,5)6)8-10-18(16)23/h7-12,21-23H,1-6H3. The van der Waals surface area contributed by atoms with Gasteiger partial charge in [-0.2, -0.15) is 0 Å². The maximum atomic E-state index is 10.1. The van der Waals surface area contributed by atoms with Crippen molar-refractivity contribution >= 4 is 11.4 Å². The molecule has 0 spiro atoms. The van der Waals surface area contributed by atoms with Crippen LogP contribution in [0.1, 0.15) is 52.7 Å². The van der Waals surface area contributed by atoms with E-state index in [1.807, 2.05) is 24.3 Å². The van der Waals surface area contributed by atoms with Crippen LogP contribution in [0.3, 0.4) is 0 Å². The summed E-state index contributed by atoms with van der Waals surface area (Å²) in [4.78, 5) is 0. The predicted molar refractivity (Wildman–Crippen MR) is 96.9 cm³/mol. The number of rotatable bonds is 2. The first-order valence-corrected chi connectivity index (χ1v) is 7.92. The van der Waals surface area contributed by atoms with Crippen LogP contribution in [0.4, 0.5) is 11.4 Å². The fourth-order valence-corrected chi connectivity index (χ4v) is 2.35. The smallest absolute Gasteiger partial charge is 0.139 e. The number of nitrogens with one attached hydrogen (secondary N) is 1. The fourth-order valence-electron chi connectivity index (χ4n) is 2.35. The molecule has 2 aromatic carbocycles. The van der Waals surface area contributed by atoms with E-state index < -0.39 is 0 Å². The van der Waals surface area contributed by atoms with Gasteiger partial charge in [-0.15, -0.1) is 0 Å². The Morgan fingerprint density at radius 3 is 1.30 bits per heavy atom. The van der Waals surface area contributed by atoms with Crippen LogP contribution in [0.5, 0.6) is 11.5 Å². The van der Waals surface area contributed by atoms with Crippen LogP contribution in [-0.4, -0.2) is 10.2 Å². The fraction of sp³-hybridized carbons (Fsp3) is 0.400. The van der Waals surface area contributed by atoms with E-state index in [0.717, 1.165) is 11.1 Å². The van der Waals surface area contributed by atoms with Gasteiger partial charge in [-0.3, -0.25) is 0 Å². The predicted octanol–water partition coefficient (Wildman–Crippen LogP) is 5.44. The quantitative estimate of drug-likeness (QED) is 0.647. The monoisotopic (exact) mass is 313 g/mol. The Hall–Kier alpha value is -2.16. The Morgan fingerprint density at radius 2 is 1.00 bits per heavy atom. The molecule has 2 rings (SSSR count). The van der Waals surface area contributed by atoms with E-state index in [1.54, 1.807) is 12.1 Å². The van der Waals surface area contributed by atoms with Gasteiger partial charge in [0.05, 0.1) is 11.4 Å². The molecule has 0 bridgehead atoms. The van der Waals surface area contributed by atoms with Gasteiger partial charge in [-0.05, 0) is 46.2 Å². The number of phenolic OH excluding ortho intramolecular Hbond substituents is 2. The molecule has 0 aromatic heterocycles. The van der Waals surface area contributed by atoms with Crippen LogP contribution in [0.15, 0.2) is 36.4 Å². The van der Waals surface area contributed by atoms with Gasteiger partial charge in [0.25, 0.3) is 0 Å². The molecule has 0 aliphatic carbocycles. The highest BCUT2D eigenvalue weighted by molar-refractivity contribution is 5.71. The topological polar surface area (TPSA) is 52.5 Å². The Balaban J connectivity index is 2.43. The number of anilines is 2. The molecule has 3 heteroatoms.